The second kappa shape index (κ2) is 9.10. The first-order valence-corrected chi connectivity index (χ1v) is 16.4. The largest absolute Gasteiger partial charge is 0.316 e. The molecule has 3 nitrogen and oxygen atoms in total. The van der Waals surface area contributed by atoms with Crippen molar-refractivity contribution in [3.8, 4) is 22.3 Å². The van der Waals surface area contributed by atoms with Crippen LogP contribution in [0.25, 0.3) is 98.4 Å². The molecule has 0 aliphatic rings. The molecule has 47 heavy (non-hydrogen) atoms. The van der Waals surface area contributed by atoms with Gasteiger partial charge in [-0.05, 0) is 83.4 Å². The van der Waals surface area contributed by atoms with Gasteiger partial charge in [-0.3, -0.25) is 0 Å². The predicted molar refractivity (Wildman–Crippen MR) is 199 cm³/mol. The third-order valence-electron chi connectivity index (χ3n) is 10.6. The fraction of sp³-hybridized carbons (Fsp3) is 0.0455. The standard InChI is InChI=1S/C44H29N3/c1-45-25-38-28(26-21-34-30-11-2-6-17-39(30)46-40-18-7-3-12-31(40)35(22-26)43(34)46)15-10-16-29(38)27-23-36-32-13-4-8-19-41(32)47-42-20-9-5-14-33(42)37(24-27)44(36)47/h2-24,45H,25H2,1H3. The lowest BCUT2D eigenvalue weighted by atomic mass is 9.89. The van der Waals surface area contributed by atoms with Crippen molar-refractivity contribution in [2.75, 3.05) is 7.05 Å². The number of nitrogens with zero attached hydrogens (tertiary/aromatic N) is 2. The summed E-state index contributed by atoms with van der Waals surface area (Å²) in [5, 5.41) is 14.0. The zero-order valence-corrected chi connectivity index (χ0v) is 25.9. The average Bonchev–Trinajstić information content (AvgIpc) is 3.85. The minimum atomic E-state index is 0.767. The molecule has 11 rings (SSSR count). The molecule has 3 heteroatoms. The first-order chi connectivity index (χ1) is 23.3. The zero-order chi connectivity index (χ0) is 30.8. The zero-order valence-electron chi connectivity index (χ0n) is 25.9. The molecule has 0 fully saturated rings. The Bertz CT molecular complexity index is 2660. The van der Waals surface area contributed by atoms with E-state index in [1.807, 2.05) is 0 Å². The van der Waals surface area contributed by atoms with Crippen LogP contribution in [-0.2, 0) is 6.54 Å². The Morgan fingerprint density at radius 3 is 1.09 bits per heavy atom. The Morgan fingerprint density at radius 1 is 0.404 bits per heavy atom. The summed E-state index contributed by atoms with van der Waals surface area (Å²) in [4.78, 5) is 0. The van der Waals surface area contributed by atoms with Gasteiger partial charge < -0.3 is 14.1 Å². The van der Waals surface area contributed by atoms with Gasteiger partial charge in [0.1, 0.15) is 0 Å². The van der Waals surface area contributed by atoms with Crippen LogP contribution in [0.3, 0.4) is 0 Å². The topological polar surface area (TPSA) is 20.8 Å². The van der Waals surface area contributed by atoms with Gasteiger partial charge >= 0.3 is 0 Å². The van der Waals surface area contributed by atoms with Crippen molar-refractivity contribution < 1.29 is 0 Å². The van der Waals surface area contributed by atoms with Crippen molar-refractivity contribution >= 4 is 76.2 Å². The molecule has 0 radical (unpaired) electrons. The van der Waals surface area contributed by atoms with E-state index in [2.05, 4.69) is 161 Å². The van der Waals surface area contributed by atoms with Crippen molar-refractivity contribution in [1.29, 1.82) is 0 Å². The van der Waals surface area contributed by atoms with Gasteiger partial charge in [0.15, 0.2) is 0 Å². The molecule has 0 aliphatic heterocycles. The third-order valence-corrected chi connectivity index (χ3v) is 10.6. The number of aromatic nitrogens is 2. The molecule has 0 unspecified atom stereocenters. The van der Waals surface area contributed by atoms with Gasteiger partial charge in [-0.25, -0.2) is 0 Å². The maximum Gasteiger partial charge on any atom is 0.0620 e. The number of benzene rings is 7. The second-order valence-corrected chi connectivity index (χ2v) is 12.9. The molecule has 0 saturated heterocycles. The highest BCUT2D eigenvalue weighted by atomic mass is 14.9. The number of nitrogens with one attached hydrogen (secondary N) is 1. The van der Waals surface area contributed by atoms with E-state index in [9.17, 15) is 0 Å². The molecular formula is C44H29N3. The van der Waals surface area contributed by atoms with Crippen molar-refractivity contribution in [1.82, 2.24) is 14.1 Å². The monoisotopic (exact) mass is 599 g/mol. The summed E-state index contributed by atoms with van der Waals surface area (Å²) in [6.45, 7) is 0.767. The number of rotatable bonds is 4. The highest BCUT2D eigenvalue weighted by Crippen LogP contribution is 2.45. The summed E-state index contributed by atoms with van der Waals surface area (Å²) >= 11 is 0. The smallest absolute Gasteiger partial charge is 0.0620 e. The van der Waals surface area contributed by atoms with Crippen LogP contribution >= 0.6 is 0 Å². The highest BCUT2D eigenvalue weighted by Gasteiger charge is 2.22. The molecule has 4 aromatic heterocycles. The Hall–Kier alpha value is -5.90. The summed E-state index contributed by atoms with van der Waals surface area (Å²) in [6.07, 6.45) is 0. The van der Waals surface area contributed by atoms with Gasteiger partial charge in [-0.2, -0.15) is 0 Å². The minimum absolute atomic E-state index is 0.767. The van der Waals surface area contributed by atoms with Crippen molar-refractivity contribution in [3.63, 3.8) is 0 Å². The van der Waals surface area contributed by atoms with Crippen LogP contribution in [0.5, 0.6) is 0 Å². The lowest BCUT2D eigenvalue weighted by molar-refractivity contribution is 0.821. The van der Waals surface area contributed by atoms with Crippen molar-refractivity contribution in [3.05, 3.63) is 145 Å². The van der Waals surface area contributed by atoms with Gasteiger partial charge in [0.2, 0.25) is 0 Å². The molecule has 0 aliphatic carbocycles. The second-order valence-electron chi connectivity index (χ2n) is 12.9. The SMILES string of the molecule is CNCc1c(-c2cc3c4ccccc4n4c5ccccc5c(c2)c34)cccc1-c1cc2c3ccccc3n3c4ccccc4c(c1)c23. The van der Waals surface area contributed by atoms with E-state index in [0.717, 1.165) is 6.54 Å². The Morgan fingerprint density at radius 2 is 0.745 bits per heavy atom. The van der Waals surface area contributed by atoms with E-state index in [1.54, 1.807) is 0 Å². The molecule has 0 atom stereocenters. The van der Waals surface area contributed by atoms with Crippen LogP contribution in [0.1, 0.15) is 5.56 Å². The summed E-state index contributed by atoms with van der Waals surface area (Å²) in [5.41, 5.74) is 14.1. The maximum atomic E-state index is 3.53. The number of hydrogen-bond donors (Lipinski definition) is 1. The summed E-state index contributed by atoms with van der Waals surface area (Å²) in [7, 11) is 2.06. The quantitative estimate of drug-likeness (QED) is 0.213. The molecular weight excluding hydrogens is 571 g/mol. The third kappa shape index (κ3) is 3.19. The Balaban J connectivity index is 1.23. The van der Waals surface area contributed by atoms with Gasteiger partial charge in [0.05, 0.1) is 33.1 Å². The van der Waals surface area contributed by atoms with Gasteiger partial charge in [-0.1, -0.05) is 91.0 Å². The Kier molecular flexibility index (Phi) is 4.90. The molecule has 11 aromatic rings. The first kappa shape index (κ1) is 25.3. The average molecular weight is 600 g/mol. The normalized spacial score (nSPS) is 12.5. The van der Waals surface area contributed by atoms with E-state index in [-0.39, 0.29) is 0 Å². The summed E-state index contributed by atoms with van der Waals surface area (Å²) < 4.78 is 4.91. The van der Waals surface area contributed by atoms with Gasteiger partial charge in [-0.15, -0.1) is 0 Å². The predicted octanol–water partition coefficient (Wildman–Crippen LogP) is 11.0. The van der Waals surface area contributed by atoms with Crippen LogP contribution in [0, 0.1) is 0 Å². The maximum absolute atomic E-state index is 3.53. The molecule has 220 valence electrons. The molecule has 4 heterocycles. The van der Waals surface area contributed by atoms with Crippen LogP contribution in [-0.4, -0.2) is 15.8 Å². The van der Waals surface area contributed by atoms with E-state index < -0.39 is 0 Å². The van der Waals surface area contributed by atoms with E-state index >= 15 is 0 Å². The fourth-order valence-electron chi connectivity index (χ4n) is 8.70. The van der Waals surface area contributed by atoms with Crippen LogP contribution < -0.4 is 5.32 Å². The highest BCUT2D eigenvalue weighted by molar-refractivity contribution is 6.26. The number of para-hydroxylation sites is 4. The van der Waals surface area contributed by atoms with E-state index in [4.69, 9.17) is 0 Å². The van der Waals surface area contributed by atoms with Crippen LogP contribution in [0.4, 0.5) is 0 Å². The van der Waals surface area contributed by atoms with E-state index in [1.165, 1.54) is 104 Å². The number of fused-ring (bicyclic) bond motifs is 12. The molecule has 0 amide bonds. The van der Waals surface area contributed by atoms with Gasteiger partial charge in [0, 0.05) is 49.6 Å². The minimum Gasteiger partial charge on any atom is -0.316 e. The molecule has 0 bridgehead atoms. The molecule has 0 spiro atoms. The van der Waals surface area contributed by atoms with Crippen LogP contribution in [0.15, 0.2) is 140 Å². The van der Waals surface area contributed by atoms with Crippen molar-refractivity contribution in [2.45, 2.75) is 6.54 Å². The lowest BCUT2D eigenvalue weighted by Crippen LogP contribution is -2.08. The molecule has 7 aromatic carbocycles. The Labute approximate surface area is 270 Å². The van der Waals surface area contributed by atoms with Crippen molar-refractivity contribution in [2.24, 2.45) is 0 Å². The first-order valence-electron chi connectivity index (χ1n) is 16.4. The van der Waals surface area contributed by atoms with Crippen LogP contribution in [0.2, 0.25) is 0 Å². The van der Waals surface area contributed by atoms with E-state index in [0.29, 0.717) is 0 Å². The summed E-state index contributed by atoms with van der Waals surface area (Å²) in [5.74, 6) is 0. The lowest BCUT2D eigenvalue weighted by Gasteiger charge is -2.16. The number of hydrogen-bond acceptors (Lipinski definition) is 1. The summed E-state index contributed by atoms with van der Waals surface area (Å²) in [6, 6.07) is 51.9. The molecule has 0 saturated carbocycles. The van der Waals surface area contributed by atoms with Gasteiger partial charge in [0.25, 0.3) is 0 Å². The molecule has 1 N–H and O–H groups in total. The fourth-order valence-corrected chi connectivity index (χ4v) is 8.70.